The van der Waals surface area contributed by atoms with E-state index >= 15 is 0 Å². The monoisotopic (exact) mass is 431 g/mol. The fraction of sp³-hybridized carbons (Fsp3) is 0.238. The minimum Gasteiger partial charge on any atom is -0.365 e. The maximum atomic E-state index is 13.8. The first-order chi connectivity index (χ1) is 14.6. The van der Waals surface area contributed by atoms with E-state index < -0.39 is 23.5 Å². The predicted molar refractivity (Wildman–Crippen MR) is 103 cm³/mol. The van der Waals surface area contributed by atoms with Crippen molar-refractivity contribution in [3.05, 3.63) is 76.0 Å². The molecule has 0 saturated carbocycles. The summed E-state index contributed by atoms with van der Waals surface area (Å²) in [7, 11) is 0. The van der Waals surface area contributed by atoms with Crippen LogP contribution in [0.1, 0.15) is 44.7 Å². The van der Waals surface area contributed by atoms with E-state index in [2.05, 4.69) is 10.1 Å². The third-order valence-electron chi connectivity index (χ3n) is 4.75. The lowest BCUT2D eigenvalue weighted by molar-refractivity contribution is -0.137. The van der Waals surface area contributed by atoms with Crippen LogP contribution in [-0.2, 0) is 19.0 Å². The number of nitrogens with two attached hydrogens (primary N) is 1. The van der Waals surface area contributed by atoms with E-state index in [0.717, 1.165) is 12.1 Å². The zero-order valence-electron chi connectivity index (χ0n) is 16.4. The van der Waals surface area contributed by atoms with Crippen molar-refractivity contribution in [3.63, 3.8) is 0 Å². The van der Waals surface area contributed by atoms with Crippen LogP contribution in [0.15, 0.2) is 36.7 Å². The summed E-state index contributed by atoms with van der Waals surface area (Å²) in [4.78, 5) is 15.8. The smallest absolute Gasteiger partial charge is 0.365 e. The fourth-order valence-electron chi connectivity index (χ4n) is 3.23. The topological polar surface area (TPSA) is 97.6 Å². The number of aromatic nitrogens is 3. The minimum atomic E-state index is -4.68. The summed E-state index contributed by atoms with van der Waals surface area (Å²) in [5, 5.41) is 13.0. The van der Waals surface area contributed by atoms with Crippen LogP contribution < -0.4 is 5.73 Å². The Hall–Kier alpha value is -3.74. The number of benzene rings is 1. The average molecular weight is 431 g/mol. The molecule has 2 heterocycles. The normalized spacial score (nSPS) is 11.4. The number of nitriles is 1. The summed E-state index contributed by atoms with van der Waals surface area (Å²) < 4.78 is 54.4. The third-order valence-corrected chi connectivity index (χ3v) is 4.75. The number of hydrogen-bond donors (Lipinski definition) is 1. The highest BCUT2D eigenvalue weighted by Crippen LogP contribution is 2.31. The van der Waals surface area contributed by atoms with Gasteiger partial charge in [0.25, 0.3) is 5.91 Å². The largest absolute Gasteiger partial charge is 0.416 e. The first kappa shape index (κ1) is 22.0. The van der Waals surface area contributed by atoms with Crippen molar-refractivity contribution in [3.8, 4) is 11.9 Å². The second-order valence-corrected chi connectivity index (χ2v) is 6.91. The van der Waals surface area contributed by atoms with Crippen molar-refractivity contribution < 1.29 is 22.4 Å². The first-order valence-electron chi connectivity index (χ1n) is 9.16. The Bertz CT molecular complexity index is 1180. The van der Waals surface area contributed by atoms with Crippen molar-refractivity contribution in [2.24, 2.45) is 5.73 Å². The summed E-state index contributed by atoms with van der Waals surface area (Å²) in [6.45, 7) is 1.63. The summed E-state index contributed by atoms with van der Waals surface area (Å²) in [6, 6.07) is 5.97. The second kappa shape index (κ2) is 8.55. The van der Waals surface area contributed by atoms with Crippen LogP contribution in [0.2, 0.25) is 0 Å². The molecule has 3 aromatic rings. The molecule has 0 spiro atoms. The molecule has 0 unspecified atom stereocenters. The quantitative estimate of drug-likeness (QED) is 0.599. The van der Waals surface area contributed by atoms with Gasteiger partial charge in [0.2, 0.25) is 0 Å². The van der Waals surface area contributed by atoms with E-state index in [9.17, 15) is 22.4 Å². The average Bonchev–Trinajstić information content (AvgIpc) is 3.07. The predicted octanol–water partition coefficient (Wildman–Crippen LogP) is 3.88. The number of primary amides is 1. The molecule has 1 aromatic carbocycles. The van der Waals surface area contributed by atoms with Crippen molar-refractivity contribution in [2.45, 2.75) is 32.4 Å². The molecule has 10 heteroatoms. The molecule has 0 fully saturated rings. The molecule has 31 heavy (non-hydrogen) atoms. The highest BCUT2D eigenvalue weighted by Gasteiger charge is 2.31. The lowest BCUT2D eigenvalue weighted by atomic mass is 9.97. The maximum absolute atomic E-state index is 13.8. The third kappa shape index (κ3) is 4.88. The Morgan fingerprint density at radius 2 is 1.94 bits per heavy atom. The van der Waals surface area contributed by atoms with Crippen molar-refractivity contribution in [1.82, 2.24) is 14.8 Å². The number of carbonyl (C=O) groups excluding carboxylic acids is 1. The molecule has 160 valence electrons. The lowest BCUT2D eigenvalue weighted by Gasteiger charge is -2.13. The molecule has 0 radical (unpaired) electrons. The number of halogens is 4. The van der Waals surface area contributed by atoms with Gasteiger partial charge in [-0.1, -0.05) is 0 Å². The van der Waals surface area contributed by atoms with Gasteiger partial charge in [-0.05, 0) is 60.7 Å². The maximum Gasteiger partial charge on any atom is 0.416 e. The van der Waals surface area contributed by atoms with Crippen LogP contribution in [-0.4, -0.2) is 20.7 Å². The summed E-state index contributed by atoms with van der Waals surface area (Å²) in [5.41, 5.74) is 6.21. The van der Waals surface area contributed by atoms with E-state index in [1.165, 1.54) is 17.1 Å². The zero-order chi connectivity index (χ0) is 22.8. The van der Waals surface area contributed by atoms with Gasteiger partial charge in [-0.2, -0.15) is 23.5 Å². The van der Waals surface area contributed by atoms with Gasteiger partial charge in [-0.3, -0.25) is 4.79 Å². The van der Waals surface area contributed by atoms with Gasteiger partial charge >= 0.3 is 6.18 Å². The molecule has 6 nitrogen and oxygen atoms in total. The van der Waals surface area contributed by atoms with E-state index in [0.29, 0.717) is 35.1 Å². The van der Waals surface area contributed by atoms with Crippen molar-refractivity contribution >= 4 is 5.91 Å². The number of pyridine rings is 1. The van der Waals surface area contributed by atoms with E-state index in [4.69, 9.17) is 11.0 Å². The Kier molecular flexibility index (Phi) is 6.06. The Morgan fingerprint density at radius 1 is 1.19 bits per heavy atom. The zero-order valence-corrected chi connectivity index (χ0v) is 16.4. The number of carbonyl (C=O) groups is 1. The van der Waals surface area contributed by atoms with Gasteiger partial charge in [-0.25, -0.2) is 14.1 Å². The molecule has 1 amide bonds. The Morgan fingerprint density at radius 3 is 2.55 bits per heavy atom. The Balaban J connectivity index is 2.06. The summed E-state index contributed by atoms with van der Waals surface area (Å²) >= 11 is 0. The summed E-state index contributed by atoms with van der Waals surface area (Å²) in [5.74, 6) is -1.34. The van der Waals surface area contributed by atoms with Gasteiger partial charge in [0.1, 0.15) is 5.82 Å². The van der Waals surface area contributed by atoms with Crippen LogP contribution in [0.4, 0.5) is 17.6 Å². The van der Waals surface area contributed by atoms with Gasteiger partial charge in [-0.15, -0.1) is 0 Å². The minimum absolute atomic E-state index is 0.0138. The number of aryl methyl sites for hydroxylation is 1. The second-order valence-electron chi connectivity index (χ2n) is 6.91. The molecular formula is C21H17F4N5O. The number of rotatable bonds is 6. The van der Waals surface area contributed by atoms with E-state index in [1.54, 1.807) is 13.0 Å². The fourth-order valence-corrected chi connectivity index (χ4v) is 3.23. The SMILES string of the molecule is Cc1c(C(N)=O)cnn1-c1cc(Cc2cc(F)cc(C(F)(F)F)c2)c(CCC#N)cn1. The lowest BCUT2D eigenvalue weighted by Crippen LogP contribution is -2.12. The molecule has 0 bridgehead atoms. The highest BCUT2D eigenvalue weighted by atomic mass is 19.4. The van der Waals surface area contributed by atoms with Crippen LogP contribution in [0, 0.1) is 24.1 Å². The van der Waals surface area contributed by atoms with Crippen LogP contribution in [0.3, 0.4) is 0 Å². The van der Waals surface area contributed by atoms with Gasteiger partial charge < -0.3 is 5.73 Å². The number of nitrogens with zero attached hydrogens (tertiary/aromatic N) is 4. The highest BCUT2D eigenvalue weighted by molar-refractivity contribution is 5.93. The number of alkyl halides is 3. The molecule has 2 N–H and O–H groups in total. The molecule has 0 atom stereocenters. The van der Waals surface area contributed by atoms with E-state index in [1.807, 2.05) is 6.07 Å². The van der Waals surface area contributed by atoms with Crippen LogP contribution in [0.25, 0.3) is 5.82 Å². The van der Waals surface area contributed by atoms with Gasteiger partial charge in [0.05, 0.1) is 29.1 Å². The Labute approximate surface area is 174 Å². The standard InChI is InChI=1S/C21H17F4N5O/c1-12-18(20(27)31)11-29-30(12)19-8-15(14(10-28-19)3-2-4-26)5-13-6-16(21(23,24)25)9-17(22)7-13/h6-11H,2-3,5H2,1H3,(H2,27,31). The number of hydrogen-bond acceptors (Lipinski definition) is 4. The van der Waals surface area contributed by atoms with Crippen LogP contribution in [0.5, 0.6) is 0 Å². The first-order valence-corrected chi connectivity index (χ1v) is 9.16. The van der Waals surface area contributed by atoms with Gasteiger partial charge in [0.15, 0.2) is 5.82 Å². The molecule has 0 saturated heterocycles. The van der Waals surface area contributed by atoms with Crippen molar-refractivity contribution in [1.29, 1.82) is 5.26 Å². The molecule has 0 aliphatic heterocycles. The molecule has 3 rings (SSSR count). The summed E-state index contributed by atoms with van der Waals surface area (Å²) in [6.07, 6.45) is -1.40. The van der Waals surface area contributed by atoms with E-state index in [-0.39, 0.29) is 24.0 Å². The van der Waals surface area contributed by atoms with Gasteiger partial charge in [0, 0.05) is 12.6 Å². The van der Waals surface area contributed by atoms with Crippen molar-refractivity contribution in [2.75, 3.05) is 0 Å². The van der Waals surface area contributed by atoms with Crippen LogP contribution >= 0.6 is 0 Å². The molecular weight excluding hydrogens is 414 g/mol. The molecule has 0 aliphatic carbocycles. The molecule has 2 aromatic heterocycles. The number of amides is 1. The molecule has 0 aliphatic rings.